The fraction of sp³-hybridized carbons (Fsp3) is 0.250. The molecular formula is C36H34N2O6. The molecule has 4 aromatic rings. The number of fused-ring (bicyclic) bond motifs is 6. The number of carboxylic acid groups (broad SMARTS) is 1. The highest BCUT2D eigenvalue weighted by Gasteiger charge is 2.33. The smallest absolute Gasteiger partial charge is 0.419 e. The average Bonchev–Trinajstić information content (AvgIpc) is 3.54. The second kappa shape index (κ2) is 12.7. The lowest BCUT2D eigenvalue weighted by Gasteiger charge is -2.23. The van der Waals surface area contributed by atoms with Gasteiger partial charge in [0.15, 0.2) is 0 Å². The molecule has 2 amide bonds. The lowest BCUT2D eigenvalue weighted by molar-refractivity contribution is -0.138. The highest BCUT2D eigenvalue weighted by molar-refractivity contribution is 5.88. The molecule has 0 radical (unpaired) electrons. The van der Waals surface area contributed by atoms with Crippen molar-refractivity contribution in [2.24, 2.45) is 5.73 Å². The van der Waals surface area contributed by atoms with Gasteiger partial charge < -0.3 is 20.3 Å². The monoisotopic (exact) mass is 590 g/mol. The Morgan fingerprint density at radius 2 is 1.00 bits per heavy atom. The molecule has 0 aliphatic heterocycles. The van der Waals surface area contributed by atoms with E-state index in [1.165, 1.54) is 0 Å². The Hall–Kier alpha value is -4.95. The second-order valence-electron chi connectivity index (χ2n) is 11.2. The van der Waals surface area contributed by atoms with Gasteiger partial charge in [-0.2, -0.15) is 0 Å². The number of rotatable bonds is 10. The van der Waals surface area contributed by atoms with Crippen LogP contribution < -0.4 is 5.73 Å². The molecule has 8 nitrogen and oxygen atoms in total. The number of hydrogen-bond donors (Lipinski definition) is 2. The molecule has 3 N–H and O–H groups in total. The number of nitrogens with two attached hydrogens (primary N) is 1. The van der Waals surface area contributed by atoms with Gasteiger partial charge in [-0.05, 0) is 63.8 Å². The summed E-state index contributed by atoms with van der Waals surface area (Å²) in [5, 5.41) is 9.11. The fourth-order valence-electron chi connectivity index (χ4n) is 6.36. The van der Waals surface area contributed by atoms with Gasteiger partial charge in [0, 0.05) is 18.4 Å². The Morgan fingerprint density at radius 1 is 0.636 bits per heavy atom. The summed E-state index contributed by atoms with van der Waals surface area (Å²) in [6, 6.07) is 31.1. The van der Waals surface area contributed by atoms with Gasteiger partial charge in [-0.1, -0.05) is 97.1 Å². The summed E-state index contributed by atoms with van der Waals surface area (Å²) < 4.78 is 11.6. The lowest BCUT2D eigenvalue weighted by atomic mass is 9.98. The lowest BCUT2D eigenvalue weighted by Crippen LogP contribution is -2.39. The van der Waals surface area contributed by atoms with Gasteiger partial charge in [0.2, 0.25) is 0 Å². The van der Waals surface area contributed by atoms with Gasteiger partial charge in [-0.25, -0.2) is 14.5 Å². The van der Waals surface area contributed by atoms with E-state index >= 15 is 0 Å². The normalized spacial score (nSPS) is 13.8. The van der Waals surface area contributed by atoms with Crippen molar-refractivity contribution in [1.29, 1.82) is 0 Å². The van der Waals surface area contributed by atoms with Gasteiger partial charge in [-0.3, -0.25) is 4.79 Å². The first kappa shape index (κ1) is 29.1. The third kappa shape index (κ3) is 5.68. The van der Waals surface area contributed by atoms with Gasteiger partial charge in [0.1, 0.15) is 19.3 Å². The van der Waals surface area contributed by atoms with Crippen molar-refractivity contribution in [2.45, 2.75) is 37.1 Å². The van der Waals surface area contributed by atoms with Gasteiger partial charge in [0.05, 0.1) is 0 Å². The molecule has 0 bridgehead atoms. The van der Waals surface area contributed by atoms with E-state index in [0.717, 1.165) is 49.4 Å². The molecule has 224 valence electrons. The molecular weight excluding hydrogens is 556 g/mol. The molecule has 0 fully saturated rings. The van der Waals surface area contributed by atoms with Crippen LogP contribution in [0, 0.1) is 0 Å². The number of ether oxygens (including phenoxy) is 2. The first-order chi connectivity index (χ1) is 21.4. The van der Waals surface area contributed by atoms with E-state index < -0.39 is 24.2 Å². The SMILES string of the molecule is N[C@@H](CCCCN(C(=O)OCC1c2ccccc2-c2ccccc21)C(=O)OCC1c2ccccc2-c2ccccc21)C(=O)O. The minimum absolute atomic E-state index is 0.0136. The molecule has 2 aliphatic rings. The predicted molar refractivity (Wildman–Crippen MR) is 166 cm³/mol. The molecule has 1 atom stereocenters. The van der Waals surface area contributed by atoms with Gasteiger partial charge >= 0.3 is 18.2 Å². The summed E-state index contributed by atoms with van der Waals surface area (Å²) in [6.45, 7) is 0.132. The zero-order valence-electron chi connectivity index (χ0n) is 24.2. The van der Waals surface area contributed by atoms with Crippen LogP contribution in [-0.4, -0.2) is 54.0 Å². The number of carbonyl (C=O) groups is 3. The van der Waals surface area contributed by atoms with E-state index in [1.807, 2.05) is 72.8 Å². The minimum atomic E-state index is -1.09. The van der Waals surface area contributed by atoms with E-state index in [0.29, 0.717) is 12.8 Å². The molecule has 0 unspecified atom stereocenters. The molecule has 0 heterocycles. The second-order valence-corrected chi connectivity index (χ2v) is 11.2. The van der Waals surface area contributed by atoms with Crippen molar-refractivity contribution in [1.82, 2.24) is 4.90 Å². The molecule has 6 rings (SSSR count). The number of amides is 2. The van der Waals surface area contributed by atoms with Crippen molar-refractivity contribution < 1.29 is 29.0 Å². The quantitative estimate of drug-likeness (QED) is 0.196. The van der Waals surface area contributed by atoms with Gasteiger partial charge in [-0.15, -0.1) is 0 Å². The van der Waals surface area contributed by atoms with Crippen LogP contribution in [0.4, 0.5) is 9.59 Å². The average molecular weight is 591 g/mol. The molecule has 0 spiro atoms. The highest BCUT2D eigenvalue weighted by atomic mass is 16.6. The van der Waals surface area contributed by atoms with E-state index in [4.69, 9.17) is 20.3 Å². The summed E-state index contributed by atoms with van der Waals surface area (Å²) in [4.78, 5) is 39.1. The number of imide groups is 1. The Morgan fingerprint density at radius 3 is 1.36 bits per heavy atom. The number of hydrogen-bond acceptors (Lipinski definition) is 6. The van der Waals surface area contributed by atoms with Crippen molar-refractivity contribution in [3.63, 3.8) is 0 Å². The molecule has 0 aromatic heterocycles. The Kier molecular flexibility index (Phi) is 8.43. The number of aliphatic carboxylic acids is 1. The van der Waals surface area contributed by atoms with Crippen LogP contribution in [0.3, 0.4) is 0 Å². The van der Waals surface area contributed by atoms with Gasteiger partial charge in [0.25, 0.3) is 0 Å². The maximum Gasteiger partial charge on any atom is 0.419 e. The highest BCUT2D eigenvalue weighted by Crippen LogP contribution is 2.45. The maximum atomic E-state index is 13.5. The molecule has 44 heavy (non-hydrogen) atoms. The van der Waals surface area contributed by atoms with Crippen molar-refractivity contribution in [3.8, 4) is 22.3 Å². The number of carboxylic acids is 1. The molecule has 0 saturated carbocycles. The number of carbonyl (C=O) groups excluding carboxylic acids is 2. The zero-order valence-corrected chi connectivity index (χ0v) is 24.2. The van der Waals surface area contributed by atoms with Crippen molar-refractivity contribution in [2.75, 3.05) is 19.8 Å². The number of unbranched alkanes of at least 4 members (excludes halogenated alkanes) is 1. The van der Waals surface area contributed by atoms with E-state index in [2.05, 4.69) is 24.3 Å². The molecule has 0 saturated heterocycles. The van der Waals surface area contributed by atoms with Crippen LogP contribution in [-0.2, 0) is 14.3 Å². The Bertz CT molecular complexity index is 1500. The molecule has 4 aromatic carbocycles. The van der Waals surface area contributed by atoms with E-state index in [1.54, 1.807) is 0 Å². The Balaban J connectivity index is 1.16. The topological polar surface area (TPSA) is 119 Å². The van der Waals surface area contributed by atoms with Crippen LogP contribution in [0.25, 0.3) is 22.3 Å². The summed E-state index contributed by atoms with van der Waals surface area (Å²) in [5.41, 5.74) is 14.3. The minimum Gasteiger partial charge on any atom is -0.480 e. The number of benzene rings is 4. The first-order valence-electron chi connectivity index (χ1n) is 14.9. The summed E-state index contributed by atoms with van der Waals surface area (Å²) >= 11 is 0. The third-order valence-electron chi connectivity index (χ3n) is 8.58. The third-order valence-corrected chi connectivity index (χ3v) is 8.58. The van der Waals surface area contributed by atoms with Crippen LogP contribution in [0.1, 0.15) is 53.4 Å². The van der Waals surface area contributed by atoms with Crippen LogP contribution in [0.5, 0.6) is 0 Å². The number of nitrogens with zero attached hydrogens (tertiary/aromatic N) is 1. The summed E-state index contributed by atoms with van der Waals surface area (Å²) in [5.74, 6) is -1.41. The summed E-state index contributed by atoms with van der Waals surface area (Å²) in [7, 11) is 0. The fourth-order valence-corrected chi connectivity index (χ4v) is 6.36. The van der Waals surface area contributed by atoms with E-state index in [-0.39, 0.29) is 38.0 Å². The zero-order chi connectivity index (χ0) is 30.6. The van der Waals surface area contributed by atoms with E-state index in [9.17, 15) is 14.4 Å². The van der Waals surface area contributed by atoms with Crippen molar-refractivity contribution >= 4 is 18.2 Å². The predicted octanol–water partition coefficient (Wildman–Crippen LogP) is 6.77. The molecule has 2 aliphatic carbocycles. The largest absolute Gasteiger partial charge is 0.480 e. The molecule has 8 heteroatoms. The first-order valence-corrected chi connectivity index (χ1v) is 14.9. The Labute approximate surface area is 256 Å². The van der Waals surface area contributed by atoms with Crippen LogP contribution in [0.15, 0.2) is 97.1 Å². The standard InChI is InChI=1S/C36H34N2O6/c37-33(34(39)40)19-9-10-20-38(35(41)43-21-31-27-15-5-1-11-23(27)24-12-2-6-16-28(24)31)36(42)44-22-32-29-17-7-3-13-25(29)26-14-4-8-18-30(26)32/h1-8,11-18,31-33H,9-10,19-22,37H2,(H,39,40)/t33-/m0/s1. The van der Waals surface area contributed by atoms with Crippen LogP contribution >= 0.6 is 0 Å². The van der Waals surface area contributed by atoms with Crippen LogP contribution in [0.2, 0.25) is 0 Å². The summed E-state index contributed by atoms with van der Waals surface area (Å²) in [6.07, 6.45) is -0.608. The maximum absolute atomic E-state index is 13.5. The van der Waals surface area contributed by atoms with Crippen molar-refractivity contribution in [3.05, 3.63) is 119 Å².